The third-order valence-corrected chi connectivity index (χ3v) is 3.06. The predicted molar refractivity (Wildman–Crippen MR) is 77.1 cm³/mol. The Balaban J connectivity index is 2.02. The van der Waals surface area contributed by atoms with Crippen molar-refractivity contribution in [1.82, 2.24) is 20.4 Å². The molecule has 2 aromatic rings. The summed E-state index contributed by atoms with van der Waals surface area (Å²) in [6.45, 7) is 0. The zero-order valence-corrected chi connectivity index (χ0v) is 12.0. The van der Waals surface area contributed by atoms with Gasteiger partial charge in [-0.15, -0.1) is 20.4 Å². The zero-order chi connectivity index (χ0) is 13.7. The van der Waals surface area contributed by atoms with Gasteiger partial charge in [-0.05, 0) is 18.4 Å². The van der Waals surface area contributed by atoms with Crippen LogP contribution in [-0.2, 0) is 0 Å². The molecule has 2 rings (SSSR count). The average Bonchev–Trinajstić information content (AvgIpc) is 2.42. The van der Waals surface area contributed by atoms with Gasteiger partial charge in [0.2, 0.25) is 5.16 Å². The standard InChI is InChI=1S/C10H8Cl2N6S/c1-19-10-17-15-9(16-18-10)14-13-5-6-2-3-7(11)4-8(6)12/h2-5H,1H3,(H,14,15,16)/b13-5+. The molecule has 0 radical (unpaired) electrons. The first kappa shape index (κ1) is 14.0. The van der Waals surface area contributed by atoms with E-state index in [0.717, 1.165) is 5.56 Å². The molecule has 0 unspecified atom stereocenters. The van der Waals surface area contributed by atoms with Crippen molar-refractivity contribution in [3.8, 4) is 0 Å². The molecule has 0 aliphatic rings. The van der Waals surface area contributed by atoms with Crippen molar-refractivity contribution in [2.45, 2.75) is 5.16 Å². The van der Waals surface area contributed by atoms with Gasteiger partial charge in [0.05, 0.1) is 11.2 Å². The minimum Gasteiger partial charge on any atom is -0.243 e. The van der Waals surface area contributed by atoms with Gasteiger partial charge >= 0.3 is 0 Å². The van der Waals surface area contributed by atoms with Gasteiger partial charge in [0.25, 0.3) is 5.95 Å². The lowest BCUT2D eigenvalue weighted by Crippen LogP contribution is -2.02. The van der Waals surface area contributed by atoms with Crippen LogP contribution in [0.3, 0.4) is 0 Å². The number of nitrogens with zero attached hydrogens (tertiary/aromatic N) is 5. The lowest BCUT2D eigenvalue weighted by atomic mass is 10.2. The number of anilines is 1. The minimum atomic E-state index is 0.208. The molecular weight excluding hydrogens is 307 g/mol. The van der Waals surface area contributed by atoms with Crippen LogP contribution in [0.4, 0.5) is 5.95 Å². The van der Waals surface area contributed by atoms with E-state index in [-0.39, 0.29) is 5.95 Å². The zero-order valence-electron chi connectivity index (χ0n) is 9.71. The fraction of sp³-hybridized carbons (Fsp3) is 0.100. The summed E-state index contributed by atoms with van der Waals surface area (Å²) in [5, 5.41) is 20.7. The van der Waals surface area contributed by atoms with Crippen LogP contribution >= 0.6 is 35.0 Å². The van der Waals surface area contributed by atoms with Crippen molar-refractivity contribution in [2.75, 3.05) is 11.7 Å². The number of hydrogen-bond acceptors (Lipinski definition) is 7. The van der Waals surface area contributed by atoms with E-state index in [1.54, 1.807) is 18.2 Å². The summed E-state index contributed by atoms with van der Waals surface area (Å²) in [6.07, 6.45) is 3.37. The molecule has 0 bridgehead atoms. The summed E-state index contributed by atoms with van der Waals surface area (Å²) in [6, 6.07) is 5.11. The van der Waals surface area contributed by atoms with Crippen molar-refractivity contribution in [1.29, 1.82) is 0 Å². The number of nitrogens with one attached hydrogen (secondary N) is 1. The van der Waals surface area contributed by atoms with Crippen molar-refractivity contribution in [3.63, 3.8) is 0 Å². The third kappa shape index (κ3) is 4.02. The van der Waals surface area contributed by atoms with Gasteiger partial charge in [-0.3, -0.25) is 0 Å². The Morgan fingerprint density at radius 1 is 1.21 bits per heavy atom. The van der Waals surface area contributed by atoms with Gasteiger partial charge in [0.1, 0.15) is 0 Å². The fourth-order valence-corrected chi connectivity index (χ4v) is 1.81. The molecule has 9 heteroatoms. The normalized spacial score (nSPS) is 10.9. The van der Waals surface area contributed by atoms with Crippen LogP contribution in [0.5, 0.6) is 0 Å². The van der Waals surface area contributed by atoms with Crippen LogP contribution in [-0.4, -0.2) is 32.9 Å². The monoisotopic (exact) mass is 314 g/mol. The molecule has 0 spiro atoms. The molecule has 98 valence electrons. The highest BCUT2D eigenvalue weighted by Crippen LogP contribution is 2.19. The van der Waals surface area contributed by atoms with Crippen molar-refractivity contribution in [3.05, 3.63) is 33.8 Å². The average molecular weight is 315 g/mol. The van der Waals surface area contributed by atoms with Crippen LogP contribution in [0, 0.1) is 0 Å². The van der Waals surface area contributed by atoms with Gasteiger partial charge in [-0.1, -0.05) is 41.0 Å². The summed E-state index contributed by atoms with van der Waals surface area (Å²) >= 11 is 13.1. The van der Waals surface area contributed by atoms with Crippen LogP contribution in [0.2, 0.25) is 10.0 Å². The lowest BCUT2D eigenvalue weighted by Gasteiger charge is -1.99. The van der Waals surface area contributed by atoms with Gasteiger partial charge < -0.3 is 0 Å². The van der Waals surface area contributed by atoms with E-state index in [1.165, 1.54) is 18.0 Å². The van der Waals surface area contributed by atoms with Gasteiger partial charge in [-0.25, -0.2) is 5.43 Å². The second-order valence-corrected chi connectivity index (χ2v) is 4.86. The van der Waals surface area contributed by atoms with E-state index in [0.29, 0.717) is 15.2 Å². The second-order valence-electron chi connectivity index (χ2n) is 3.25. The quantitative estimate of drug-likeness (QED) is 0.531. The molecule has 0 aliphatic carbocycles. The maximum atomic E-state index is 5.99. The summed E-state index contributed by atoms with van der Waals surface area (Å²) in [5.41, 5.74) is 3.33. The maximum Gasteiger partial charge on any atom is 0.282 e. The number of rotatable bonds is 4. The number of hydrogen-bond donors (Lipinski definition) is 1. The summed E-state index contributed by atoms with van der Waals surface area (Å²) < 4.78 is 0. The van der Waals surface area contributed by atoms with E-state index in [4.69, 9.17) is 23.2 Å². The summed E-state index contributed by atoms with van der Waals surface area (Å²) in [4.78, 5) is 0. The Kier molecular flexibility index (Phi) is 4.89. The predicted octanol–water partition coefficient (Wildman–Crippen LogP) is 2.74. The van der Waals surface area contributed by atoms with E-state index >= 15 is 0 Å². The largest absolute Gasteiger partial charge is 0.282 e. The number of aromatic nitrogens is 4. The first-order chi connectivity index (χ1) is 9.19. The molecule has 19 heavy (non-hydrogen) atoms. The SMILES string of the molecule is CSc1nnc(N/N=C/c2ccc(Cl)cc2Cl)nn1. The Bertz CT molecular complexity index is 589. The lowest BCUT2D eigenvalue weighted by molar-refractivity contribution is 0.751. The Morgan fingerprint density at radius 2 is 1.95 bits per heavy atom. The van der Waals surface area contributed by atoms with Crippen molar-refractivity contribution < 1.29 is 0 Å². The van der Waals surface area contributed by atoms with Crippen molar-refractivity contribution in [2.24, 2.45) is 5.10 Å². The number of thioether (sulfide) groups is 1. The second kappa shape index (κ2) is 6.65. The van der Waals surface area contributed by atoms with E-state index in [1.807, 2.05) is 6.26 Å². The first-order valence-corrected chi connectivity index (χ1v) is 7.02. The molecule has 0 aliphatic heterocycles. The topological polar surface area (TPSA) is 76.0 Å². The Hall–Kier alpha value is -1.44. The number of hydrazone groups is 1. The Morgan fingerprint density at radius 3 is 2.58 bits per heavy atom. The van der Waals surface area contributed by atoms with Crippen LogP contribution in [0.25, 0.3) is 0 Å². The molecule has 1 aromatic heterocycles. The molecule has 0 atom stereocenters. The molecule has 0 saturated carbocycles. The fourth-order valence-electron chi connectivity index (χ4n) is 1.11. The number of benzene rings is 1. The van der Waals surface area contributed by atoms with Crippen LogP contribution < -0.4 is 5.43 Å². The summed E-state index contributed by atoms with van der Waals surface area (Å²) in [7, 11) is 0. The van der Waals surface area contributed by atoms with Crippen LogP contribution in [0.1, 0.15) is 5.56 Å². The molecular formula is C10H8Cl2N6S. The molecule has 1 heterocycles. The van der Waals surface area contributed by atoms with Gasteiger partial charge in [0.15, 0.2) is 0 Å². The third-order valence-electron chi connectivity index (χ3n) is 1.97. The smallest absolute Gasteiger partial charge is 0.243 e. The van der Waals surface area contributed by atoms with Gasteiger partial charge in [0, 0.05) is 10.6 Å². The van der Waals surface area contributed by atoms with E-state index < -0.39 is 0 Å². The molecule has 0 fully saturated rings. The maximum absolute atomic E-state index is 5.99. The van der Waals surface area contributed by atoms with Crippen molar-refractivity contribution >= 4 is 47.1 Å². The van der Waals surface area contributed by atoms with Gasteiger partial charge in [-0.2, -0.15) is 5.10 Å². The molecule has 6 nitrogen and oxygen atoms in total. The first-order valence-electron chi connectivity index (χ1n) is 5.04. The van der Waals surface area contributed by atoms with E-state index in [2.05, 4.69) is 30.9 Å². The number of halogens is 2. The van der Waals surface area contributed by atoms with Crippen LogP contribution in [0.15, 0.2) is 28.5 Å². The highest BCUT2D eigenvalue weighted by atomic mass is 35.5. The highest BCUT2D eigenvalue weighted by molar-refractivity contribution is 7.98. The Labute approximate surface area is 123 Å². The molecule has 1 N–H and O–H groups in total. The summed E-state index contributed by atoms with van der Waals surface area (Å²) in [5.74, 6) is 0.208. The molecule has 0 saturated heterocycles. The van der Waals surface area contributed by atoms with E-state index in [9.17, 15) is 0 Å². The minimum absolute atomic E-state index is 0.208. The highest BCUT2D eigenvalue weighted by Gasteiger charge is 2.00. The molecule has 1 aromatic carbocycles. The molecule has 0 amide bonds.